The van der Waals surface area contributed by atoms with Crippen molar-refractivity contribution in [3.63, 3.8) is 0 Å². The Kier molecular flexibility index (Phi) is 6.29. The molecule has 0 amide bonds. The van der Waals surface area contributed by atoms with Crippen LogP contribution in [0.2, 0.25) is 0 Å². The number of nitrogens with one attached hydrogen (secondary N) is 1. The van der Waals surface area contributed by atoms with E-state index in [9.17, 15) is 8.42 Å². The third kappa shape index (κ3) is 4.78. The van der Waals surface area contributed by atoms with Gasteiger partial charge in [0.25, 0.3) is 0 Å². The van der Waals surface area contributed by atoms with Crippen molar-refractivity contribution < 1.29 is 22.6 Å². The minimum absolute atomic E-state index is 0.0418. The fraction of sp³-hybridized carbons (Fsp3) is 0.571. The summed E-state index contributed by atoms with van der Waals surface area (Å²) >= 11 is 0. The van der Waals surface area contributed by atoms with Crippen LogP contribution in [0.4, 0.5) is 0 Å². The Labute approximate surface area is 126 Å². The van der Waals surface area contributed by atoms with Crippen molar-refractivity contribution in [3.05, 3.63) is 17.7 Å². The van der Waals surface area contributed by atoms with Crippen molar-refractivity contribution in [1.29, 1.82) is 0 Å². The Morgan fingerprint density at radius 1 is 1.10 bits per heavy atom. The van der Waals surface area contributed by atoms with Gasteiger partial charge in [0, 0.05) is 18.4 Å². The minimum atomic E-state index is -3.16. The summed E-state index contributed by atoms with van der Waals surface area (Å²) in [6.45, 7) is 2.54. The van der Waals surface area contributed by atoms with E-state index in [0.717, 1.165) is 0 Å². The molecular weight excluding hydrogens is 294 g/mol. The number of hydrogen-bond acceptors (Lipinski definition) is 6. The van der Waals surface area contributed by atoms with E-state index in [1.54, 1.807) is 19.2 Å². The maximum absolute atomic E-state index is 11.7. The number of methoxy groups -OCH3 is 3. The predicted octanol–water partition coefficient (Wildman–Crippen LogP) is 1.41. The van der Waals surface area contributed by atoms with Gasteiger partial charge >= 0.3 is 0 Å². The van der Waals surface area contributed by atoms with Gasteiger partial charge in [-0.3, -0.25) is 0 Å². The molecule has 0 saturated heterocycles. The third-order valence-corrected chi connectivity index (χ3v) is 3.96. The molecule has 1 atom stereocenters. The molecule has 0 aliphatic rings. The predicted molar refractivity (Wildman–Crippen MR) is 82.2 cm³/mol. The van der Waals surface area contributed by atoms with Gasteiger partial charge < -0.3 is 19.5 Å². The molecule has 21 heavy (non-hydrogen) atoms. The van der Waals surface area contributed by atoms with Crippen molar-refractivity contribution in [2.75, 3.05) is 39.9 Å². The summed E-state index contributed by atoms with van der Waals surface area (Å²) < 4.78 is 39.3. The van der Waals surface area contributed by atoms with E-state index in [4.69, 9.17) is 14.2 Å². The highest BCUT2D eigenvalue weighted by Gasteiger charge is 2.25. The highest BCUT2D eigenvalue weighted by Crippen LogP contribution is 2.38. The van der Waals surface area contributed by atoms with E-state index in [1.165, 1.54) is 20.5 Å². The van der Waals surface area contributed by atoms with Crippen LogP contribution in [-0.4, -0.2) is 48.3 Å². The van der Waals surface area contributed by atoms with Crippen molar-refractivity contribution in [3.8, 4) is 17.2 Å². The first kappa shape index (κ1) is 17.6. The average molecular weight is 317 g/mol. The standard InChI is InChI=1S/C14H23NO5S/c1-6-15-11(9-21(5,16)17)14-12(19-3)7-10(18-2)8-13(14)20-4/h7-8,11,15H,6,9H2,1-5H3. The quantitative estimate of drug-likeness (QED) is 0.781. The van der Waals surface area contributed by atoms with Gasteiger partial charge in [0.1, 0.15) is 27.1 Å². The highest BCUT2D eigenvalue weighted by molar-refractivity contribution is 7.90. The van der Waals surface area contributed by atoms with Gasteiger partial charge in [0.15, 0.2) is 0 Å². The van der Waals surface area contributed by atoms with E-state index in [-0.39, 0.29) is 5.75 Å². The summed E-state index contributed by atoms with van der Waals surface area (Å²) in [5.74, 6) is 1.60. The monoisotopic (exact) mass is 317 g/mol. The summed E-state index contributed by atoms with van der Waals surface area (Å²) in [5, 5.41) is 3.16. The molecule has 0 bridgehead atoms. The lowest BCUT2D eigenvalue weighted by Crippen LogP contribution is -2.28. The lowest BCUT2D eigenvalue weighted by molar-refractivity contribution is 0.361. The van der Waals surface area contributed by atoms with Crippen molar-refractivity contribution in [2.45, 2.75) is 13.0 Å². The molecule has 1 N–H and O–H groups in total. The number of benzene rings is 1. The maximum atomic E-state index is 11.7. The Hall–Kier alpha value is -1.47. The average Bonchev–Trinajstić information content (AvgIpc) is 2.43. The Balaban J connectivity index is 3.40. The van der Waals surface area contributed by atoms with Gasteiger partial charge in [-0.1, -0.05) is 6.92 Å². The minimum Gasteiger partial charge on any atom is -0.496 e. The van der Waals surface area contributed by atoms with E-state index < -0.39 is 15.9 Å². The molecule has 0 radical (unpaired) electrons. The Morgan fingerprint density at radius 3 is 1.95 bits per heavy atom. The lowest BCUT2D eigenvalue weighted by atomic mass is 10.0. The van der Waals surface area contributed by atoms with Crippen LogP contribution < -0.4 is 19.5 Å². The summed E-state index contributed by atoms with van der Waals surface area (Å²) in [6.07, 6.45) is 1.21. The topological polar surface area (TPSA) is 73.9 Å². The first-order chi connectivity index (χ1) is 9.86. The molecule has 0 spiro atoms. The molecule has 1 unspecified atom stereocenters. The highest BCUT2D eigenvalue weighted by atomic mass is 32.2. The van der Waals surface area contributed by atoms with Crippen LogP contribution in [0.1, 0.15) is 18.5 Å². The van der Waals surface area contributed by atoms with Crippen LogP contribution in [-0.2, 0) is 9.84 Å². The zero-order chi connectivity index (χ0) is 16.0. The normalized spacial score (nSPS) is 12.8. The third-order valence-electron chi connectivity index (χ3n) is 3.02. The van der Waals surface area contributed by atoms with Crippen LogP contribution in [0.15, 0.2) is 12.1 Å². The van der Waals surface area contributed by atoms with Gasteiger partial charge in [-0.25, -0.2) is 8.42 Å². The van der Waals surface area contributed by atoms with Crippen molar-refractivity contribution >= 4 is 9.84 Å². The second-order valence-corrected chi connectivity index (χ2v) is 6.83. The van der Waals surface area contributed by atoms with E-state index >= 15 is 0 Å². The molecule has 120 valence electrons. The summed E-state index contributed by atoms with van der Waals surface area (Å²) in [5.41, 5.74) is 0.674. The summed E-state index contributed by atoms with van der Waals surface area (Å²) in [6, 6.07) is 3.01. The second-order valence-electron chi connectivity index (χ2n) is 4.65. The fourth-order valence-corrected chi connectivity index (χ4v) is 3.06. The van der Waals surface area contributed by atoms with Crippen LogP contribution >= 0.6 is 0 Å². The molecule has 7 heteroatoms. The maximum Gasteiger partial charge on any atom is 0.149 e. The van der Waals surface area contributed by atoms with E-state index in [1.807, 2.05) is 6.92 Å². The Morgan fingerprint density at radius 2 is 1.62 bits per heavy atom. The largest absolute Gasteiger partial charge is 0.496 e. The number of sulfone groups is 1. The molecule has 1 aromatic rings. The first-order valence-electron chi connectivity index (χ1n) is 6.57. The smallest absolute Gasteiger partial charge is 0.149 e. The van der Waals surface area contributed by atoms with Crippen molar-refractivity contribution in [2.24, 2.45) is 0 Å². The van der Waals surface area contributed by atoms with E-state index in [0.29, 0.717) is 29.4 Å². The van der Waals surface area contributed by atoms with Gasteiger partial charge in [-0.2, -0.15) is 0 Å². The zero-order valence-corrected chi connectivity index (χ0v) is 13.9. The summed E-state index contributed by atoms with van der Waals surface area (Å²) in [4.78, 5) is 0. The van der Waals surface area contributed by atoms with Gasteiger partial charge in [0.2, 0.25) is 0 Å². The Bertz CT molecular complexity index is 546. The molecule has 1 aromatic carbocycles. The molecule has 0 aromatic heterocycles. The number of rotatable bonds is 8. The van der Waals surface area contributed by atoms with Gasteiger partial charge in [-0.15, -0.1) is 0 Å². The van der Waals surface area contributed by atoms with Crippen LogP contribution in [0, 0.1) is 0 Å². The van der Waals surface area contributed by atoms with Gasteiger partial charge in [0.05, 0.1) is 38.7 Å². The number of hydrogen-bond donors (Lipinski definition) is 1. The SMILES string of the molecule is CCNC(CS(C)(=O)=O)c1c(OC)cc(OC)cc1OC. The molecule has 1 rings (SSSR count). The fourth-order valence-electron chi connectivity index (χ4n) is 2.17. The zero-order valence-electron chi connectivity index (χ0n) is 13.1. The molecule has 0 heterocycles. The van der Waals surface area contributed by atoms with E-state index in [2.05, 4.69) is 5.32 Å². The molecule has 0 saturated carbocycles. The molecule has 0 fully saturated rings. The van der Waals surface area contributed by atoms with Crippen molar-refractivity contribution in [1.82, 2.24) is 5.32 Å². The first-order valence-corrected chi connectivity index (χ1v) is 8.63. The molecular formula is C14H23NO5S. The summed E-state index contributed by atoms with van der Waals surface area (Å²) in [7, 11) is 1.44. The van der Waals surface area contributed by atoms with Crippen LogP contribution in [0.25, 0.3) is 0 Å². The molecule has 6 nitrogen and oxygen atoms in total. The molecule has 0 aliphatic heterocycles. The number of ether oxygens (including phenoxy) is 3. The van der Waals surface area contributed by atoms with Gasteiger partial charge in [-0.05, 0) is 6.54 Å². The second kappa shape index (κ2) is 7.51. The lowest BCUT2D eigenvalue weighted by Gasteiger charge is -2.23. The van der Waals surface area contributed by atoms with Crippen LogP contribution in [0.5, 0.6) is 17.2 Å². The van der Waals surface area contributed by atoms with Crippen LogP contribution in [0.3, 0.4) is 0 Å². The molecule has 0 aliphatic carbocycles.